The Hall–Kier alpha value is -1.06. The summed E-state index contributed by atoms with van der Waals surface area (Å²) in [6.45, 7) is 12.1. The summed E-state index contributed by atoms with van der Waals surface area (Å²) in [5, 5.41) is 6.52. The number of ether oxygens (including phenoxy) is 3. The second kappa shape index (κ2) is 15.0. The normalized spacial score (nSPS) is 11.2. The number of hydrogen-bond acceptors (Lipinski definition) is 4. The maximum atomic E-state index is 5.91. The molecule has 0 heterocycles. The number of aryl methyl sites for hydroxylation is 1. The minimum atomic E-state index is 0. The summed E-state index contributed by atoms with van der Waals surface area (Å²) in [6.07, 6.45) is 0.139. The Morgan fingerprint density at radius 2 is 1.92 bits per heavy atom. The number of nitrogens with zero attached hydrogens (tertiary/aromatic N) is 1. The average Bonchev–Trinajstić information content (AvgIpc) is 2.56. The number of benzene rings is 1. The zero-order chi connectivity index (χ0) is 18.5. The quantitative estimate of drug-likeness (QED) is 0.221. The van der Waals surface area contributed by atoms with E-state index in [0.717, 1.165) is 23.8 Å². The van der Waals surface area contributed by atoms with Crippen LogP contribution in [0, 0.1) is 6.92 Å². The maximum Gasteiger partial charge on any atom is 0.191 e. The van der Waals surface area contributed by atoms with Gasteiger partial charge in [0.2, 0.25) is 0 Å². The van der Waals surface area contributed by atoms with Gasteiger partial charge in [0.25, 0.3) is 0 Å². The predicted molar refractivity (Wildman–Crippen MR) is 118 cm³/mol. The van der Waals surface area contributed by atoms with E-state index in [1.54, 1.807) is 7.11 Å². The van der Waals surface area contributed by atoms with Gasteiger partial charge in [-0.05, 0) is 39.3 Å². The van der Waals surface area contributed by atoms with Crippen molar-refractivity contribution >= 4 is 29.9 Å². The molecule has 1 aromatic rings. The van der Waals surface area contributed by atoms with Crippen LogP contribution in [-0.4, -0.2) is 52.1 Å². The number of hydrogen-bond donors (Lipinski definition) is 2. The summed E-state index contributed by atoms with van der Waals surface area (Å²) in [4.78, 5) is 4.65. The molecule has 150 valence electrons. The summed E-state index contributed by atoms with van der Waals surface area (Å²) >= 11 is 0. The van der Waals surface area contributed by atoms with Crippen molar-refractivity contribution in [1.82, 2.24) is 10.6 Å². The van der Waals surface area contributed by atoms with E-state index in [9.17, 15) is 0 Å². The Morgan fingerprint density at radius 3 is 2.58 bits per heavy atom. The van der Waals surface area contributed by atoms with Gasteiger partial charge in [-0.3, -0.25) is 0 Å². The van der Waals surface area contributed by atoms with Gasteiger partial charge in [-0.25, -0.2) is 4.99 Å². The molecule has 2 N–H and O–H groups in total. The minimum Gasteiger partial charge on any atom is -0.491 e. The predicted octanol–water partition coefficient (Wildman–Crippen LogP) is 3.12. The first-order chi connectivity index (χ1) is 12.1. The molecule has 0 aliphatic rings. The molecule has 0 aromatic heterocycles. The van der Waals surface area contributed by atoms with Crippen molar-refractivity contribution in [2.24, 2.45) is 4.99 Å². The van der Waals surface area contributed by atoms with Gasteiger partial charge >= 0.3 is 0 Å². The Balaban J connectivity index is 0.00000625. The van der Waals surface area contributed by atoms with E-state index in [4.69, 9.17) is 14.2 Å². The van der Waals surface area contributed by atoms with Crippen LogP contribution in [0.4, 0.5) is 0 Å². The fourth-order valence-corrected chi connectivity index (χ4v) is 2.15. The lowest BCUT2D eigenvalue weighted by Gasteiger charge is -2.15. The Morgan fingerprint density at radius 1 is 1.15 bits per heavy atom. The summed E-state index contributed by atoms with van der Waals surface area (Å²) in [6, 6.07) is 6.23. The first-order valence-corrected chi connectivity index (χ1v) is 8.91. The van der Waals surface area contributed by atoms with Gasteiger partial charge in [0.1, 0.15) is 5.75 Å². The van der Waals surface area contributed by atoms with Crippen LogP contribution in [0.15, 0.2) is 23.2 Å². The van der Waals surface area contributed by atoms with Crippen LogP contribution in [0.3, 0.4) is 0 Å². The molecule has 6 nitrogen and oxygen atoms in total. The Labute approximate surface area is 175 Å². The zero-order valence-electron chi connectivity index (χ0n) is 16.6. The summed E-state index contributed by atoms with van der Waals surface area (Å²) in [5.74, 6) is 1.67. The average molecular weight is 479 g/mol. The van der Waals surface area contributed by atoms with Gasteiger partial charge in [-0.2, -0.15) is 0 Å². The van der Waals surface area contributed by atoms with Crippen LogP contribution in [0.25, 0.3) is 0 Å². The number of halogens is 1. The summed E-state index contributed by atoms with van der Waals surface area (Å²) in [7, 11) is 1.67. The molecule has 0 spiro atoms. The number of nitrogens with one attached hydrogen (secondary N) is 2. The molecule has 0 unspecified atom stereocenters. The van der Waals surface area contributed by atoms with Crippen molar-refractivity contribution in [1.29, 1.82) is 0 Å². The molecule has 0 aliphatic carbocycles. The molecule has 0 atom stereocenters. The molecule has 0 bridgehead atoms. The van der Waals surface area contributed by atoms with Gasteiger partial charge < -0.3 is 24.8 Å². The van der Waals surface area contributed by atoms with E-state index >= 15 is 0 Å². The molecule has 1 rings (SSSR count). The highest BCUT2D eigenvalue weighted by Gasteiger charge is 2.06. The van der Waals surface area contributed by atoms with Crippen molar-refractivity contribution in [2.45, 2.75) is 40.3 Å². The standard InChI is InChI=1S/C19H33N3O3.HI/c1-6-20-19(21-9-10-24-12-11-23-5)22-14-17-8-7-16(4)13-18(17)25-15(2)3;/h7-8,13,15H,6,9-12,14H2,1-5H3,(H2,20,21,22);1H. The van der Waals surface area contributed by atoms with Crippen LogP contribution in [0.1, 0.15) is 31.9 Å². The number of rotatable bonds is 11. The third kappa shape index (κ3) is 10.8. The highest BCUT2D eigenvalue weighted by molar-refractivity contribution is 14.0. The Bertz CT molecular complexity index is 525. The lowest BCUT2D eigenvalue weighted by molar-refractivity contribution is 0.0733. The molecule has 0 saturated heterocycles. The maximum absolute atomic E-state index is 5.91. The molecule has 26 heavy (non-hydrogen) atoms. The topological polar surface area (TPSA) is 64.1 Å². The van der Waals surface area contributed by atoms with Gasteiger partial charge in [-0.15, -0.1) is 24.0 Å². The van der Waals surface area contributed by atoms with E-state index in [0.29, 0.717) is 32.9 Å². The van der Waals surface area contributed by atoms with E-state index in [2.05, 4.69) is 40.7 Å². The van der Waals surface area contributed by atoms with Crippen molar-refractivity contribution in [3.8, 4) is 5.75 Å². The van der Waals surface area contributed by atoms with Crippen LogP contribution in [0.5, 0.6) is 5.75 Å². The fraction of sp³-hybridized carbons (Fsp3) is 0.632. The second-order valence-corrected chi connectivity index (χ2v) is 6.00. The van der Waals surface area contributed by atoms with E-state index < -0.39 is 0 Å². The molecule has 0 radical (unpaired) electrons. The summed E-state index contributed by atoms with van der Waals surface area (Å²) < 4.78 is 16.3. The molecule has 0 fully saturated rings. The SMILES string of the molecule is CCNC(=NCc1ccc(C)cc1OC(C)C)NCCOCCOC.I. The molecular formula is C19H34IN3O3. The van der Waals surface area contributed by atoms with Crippen molar-refractivity contribution in [3.63, 3.8) is 0 Å². The van der Waals surface area contributed by atoms with Crippen molar-refractivity contribution in [3.05, 3.63) is 29.3 Å². The van der Waals surface area contributed by atoms with Crippen LogP contribution >= 0.6 is 24.0 Å². The van der Waals surface area contributed by atoms with E-state index in [-0.39, 0.29) is 30.1 Å². The monoisotopic (exact) mass is 479 g/mol. The van der Waals surface area contributed by atoms with Gasteiger partial charge in [-0.1, -0.05) is 12.1 Å². The van der Waals surface area contributed by atoms with Crippen molar-refractivity contribution in [2.75, 3.05) is 40.0 Å². The molecule has 7 heteroatoms. The van der Waals surface area contributed by atoms with Gasteiger partial charge in [0.05, 0.1) is 32.5 Å². The third-order valence-electron chi connectivity index (χ3n) is 3.31. The fourth-order valence-electron chi connectivity index (χ4n) is 2.15. The Kier molecular flexibility index (Phi) is 14.4. The molecule has 0 saturated carbocycles. The number of methoxy groups -OCH3 is 1. The smallest absolute Gasteiger partial charge is 0.191 e. The van der Waals surface area contributed by atoms with E-state index in [1.807, 2.05) is 20.8 Å². The molecule has 0 amide bonds. The third-order valence-corrected chi connectivity index (χ3v) is 3.31. The van der Waals surface area contributed by atoms with Crippen molar-refractivity contribution < 1.29 is 14.2 Å². The lowest BCUT2D eigenvalue weighted by atomic mass is 10.1. The highest BCUT2D eigenvalue weighted by atomic mass is 127. The largest absolute Gasteiger partial charge is 0.491 e. The highest BCUT2D eigenvalue weighted by Crippen LogP contribution is 2.22. The molecular weight excluding hydrogens is 445 g/mol. The molecule has 1 aromatic carbocycles. The van der Waals surface area contributed by atoms with Crippen LogP contribution < -0.4 is 15.4 Å². The lowest BCUT2D eigenvalue weighted by Crippen LogP contribution is -2.39. The zero-order valence-corrected chi connectivity index (χ0v) is 19.0. The molecule has 0 aliphatic heterocycles. The van der Waals surface area contributed by atoms with Gasteiger partial charge in [0.15, 0.2) is 5.96 Å². The number of guanidine groups is 1. The van der Waals surface area contributed by atoms with Gasteiger partial charge in [0, 0.05) is 25.8 Å². The first-order valence-electron chi connectivity index (χ1n) is 8.91. The second-order valence-electron chi connectivity index (χ2n) is 6.00. The van der Waals surface area contributed by atoms with E-state index in [1.165, 1.54) is 5.56 Å². The van der Waals surface area contributed by atoms with Crippen LogP contribution in [0.2, 0.25) is 0 Å². The summed E-state index contributed by atoms with van der Waals surface area (Å²) in [5.41, 5.74) is 2.26. The number of aliphatic imine (C=N–C) groups is 1. The van der Waals surface area contributed by atoms with Crippen LogP contribution in [-0.2, 0) is 16.0 Å². The first kappa shape index (κ1) is 24.9. The minimum absolute atomic E-state index is 0.